The Morgan fingerprint density at radius 3 is 2.30 bits per heavy atom. The molecule has 2 amide bonds. The second-order valence-corrected chi connectivity index (χ2v) is 12.2. The van der Waals surface area contributed by atoms with Gasteiger partial charge in [-0.05, 0) is 46.4 Å². The molecule has 1 aromatic heterocycles. The molecule has 0 bridgehead atoms. The van der Waals surface area contributed by atoms with Gasteiger partial charge >= 0.3 is 0 Å². The number of carbonyl (C=O) groups is 2. The van der Waals surface area contributed by atoms with Crippen LogP contribution in [0.5, 0.6) is 0 Å². The van der Waals surface area contributed by atoms with Gasteiger partial charge in [0.15, 0.2) is 0 Å². The first-order valence-electron chi connectivity index (χ1n) is 12.2. The van der Waals surface area contributed by atoms with Crippen molar-refractivity contribution in [2.45, 2.75) is 79.2 Å². The van der Waals surface area contributed by atoms with E-state index in [1.807, 2.05) is 25.7 Å². The van der Waals surface area contributed by atoms with Crippen molar-refractivity contribution in [2.24, 2.45) is 5.41 Å². The van der Waals surface area contributed by atoms with Crippen molar-refractivity contribution in [3.05, 3.63) is 57.3 Å². The molecule has 0 saturated heterocycles. The maximum absolute atomic E-state index is 13.7. The highest BCUT2D eigenvalue weighted by molar-refractivity contribution is 7.10. The van der Waals surface area contributed by atoms with Crippen molar-refractivity contribution in [3.63, 3.8) is 0 Å². The van der Waals surface area contributed by atoms with Gasteiger partial charge in [-0.25, -0.2) is 0 Å². The van der Waals surface area contributed by atoms with E-state index >= 15 is 0 Å². The number of fused-ring (bicyclic) bond motifs is 1. The molecule has 0 aliphatic carbocycles. The molecule has 1 unspecified atom stereocenters. The summed E-state index contributed by atoms with van der Waals surface area (Å²) in [6.45, 7) is 16.0. The highest BCUT2D eigenvalue weighted by Gasteiger charge is 2.35. The van der Waals surface area contributed by atoms with Crippen molar-refractivity contribution in [3.8, 4) is 0 Å². The largest absolute Gasteiger partial charge is 0.333 e. The zero-order valence-electron chi connectivity index (χ0n) is 21.4. The lowest BCUT2D eigenvalue weighted by atomic mass is 9.85. The van der Waals surface area contributed by atoms with Crippen LogP contribution in [0.1, 0.15) is 88.9 Å². The summed E-state index contributed by atoms with van der Waals surface area (Å²) in [4.78, 5) is 31.9. The Hall–Kier alpha value is -2.14. The fourth-order valence-corrected chi connectivity index (χ4v) is 5.34. The summed E-state index contributed by atoms with van der Waals surface area (Å²) < 4.78 is 0. The number of rotatable bonds is 6. The maximum Gasteiger partial charge on any atom is 0.242 e. The Morgan fingerprint density at radius 2 is 1.73 bits per heavy atom. The molecule has 1 aliphatic heterocycles. The van der Waals surface area contributed by atoms with Crippen LogP contribution in [0.25, 0.3) is 0 Å². The summed E-state index contributed by atoms with van der Waals surface area (Å²) in [6.07, 6.45) is 2.77. The van der Waals surface area contributed by atoms with Crippen LogP contribution in [0.3, 0.4) is 0 Å². The van der Waals surface area contributed by atoms with Crippen LogP contribution in [0, 0.1) is 5.41 Å². The number of hydrogen-bond acceptors (Lipinski definition) is 3. The van der Waals surface area contributed by atoms with Crippen LogP contribution in [-0.4, -0.2) is 41.2 Å². The molecule has 180 valence electrons. The van der Waals surface area contributed by atoms with E-state index in [2.05, 4.69) is 63.4 Å². The lowest BCUT2D eigenvalue weighted by molar-refractivity contribution is -0.146. The van der Waals surface area contributed by atoms with Crippen LogP contribution < -0.4 is 0 Å². The second kappa shape index (κ2) is 10.0. The molecule has 3 rings (SSSR count). The van der Waals surface area contributed by atoms with Gasteiger partial charge in [0.2, 0.25) is 11.8 Å². The van der Waals surface area contributed by atoms with Crippen LogP contribution >= 0.6 is 11.3 Å². The molecule has 2 heterocycles. The number of amides is 2. The normalized spacial score (nSPS) is 16.5. The zero-order chi connectivity index (χ0) is 24.4. The quantitative estimate of drug-likeness (QED) is 0.507. The van der Waals surface area contributed by atoms with Crippen molar-refractivity contribution in [1.29, 1.82) is 0 Å². The first kappa shape index (κ1) is 25.5. The van der Waals surface area contributed by atoms with E-state index in [0.29, 0.717) is 13.1 Å². The molecule has 0 fully saturated rings. The van der Waals surface area contributed by atoms with Crippen molar-refractivity contribution in [1.82, 2.24) is 9.80 Å². The van der Waals surface area contributed by atoms with E-state index in [4.69, 9.17) is 0 Å². The first-order valence-corrected chi connectivity index (χ1v) is 13.1. The summed E-state index contributed by atoms with van der Waals surface area (Å²) in [5, 5.41) is 2.13. The minimum absolute atomic E-state index is 0.0328. The van der Waals surface area contributed by atoms with Crippen LogP contribution in [0.15, 0.2) is 35.7 Å². The average Bonchev–Trinajstić information content (AvgIpc) is 3.23. The monoisotopic (exact) mass is 468 g/mol. The first-order chi connectivity index (χ1) is 15.4. The smallest absolute Gasteiger partial charge is 0.242 e. The molecule has 1 atom stereocenters. The van der Waals surface area contributed by atoms with E-state index in [9.17, 15) is 9.59 Å². The van der Waals surface area contributed by atoms with Crippen molar-refractivity contribution >= 4 is 23.2 Å². The van der Waals surface area contributed by atoms with E-state index in [-0.39, 0.29) is 29.8 Å². The summed E-state index contributed by atoms with van der Waals surface area (Å²) in [5.41, 5.74) is 3.23. The lowest BCUT2D eigenvalue weighted by Crippen LogP contribution is -2.49. The fraction of sp³-hybridized carbons (Fsp3) is 0.571. The number of hydrogen-bond donors (Lipinski definition) is 0. The minimum atomic E-state index is -0.501. The van der Waals surface area contributed by atoms with Crippen molar-refractivity contribution < 1.29 is 9.59 Å². The molecule has 1 aromatic carbocycles. The maximum atomic E-state index is 13.7. The summed E-state index contributed by atoms with van der Waals surface area (Å²) in [5.74, 6) is 0.0778. The predicted molar refractivity (Wildman–Crippen MR) is 138 cm³/mol. The third-order valence-electron chi connectivity index (χ3n) is 6.42. The SMILES string of the molecule is CCCCN(CC(=O)N1CCc2sccc2C1c1ccc(C(C)(C)C)cc1)C(=O)C(C)(C)C. The highest BCUT2D eigenvalue weighted by Crippen LogP contribution is 2.38. The van der Waals surface area contributed by atoms with E-state index in [1.165, 1.54) is 16.0 Å². The van der Waals surface area contributed by atoms with Gasteiger partial charge < -0.3 is 9.80 Å². The van der Waals surface area contributed by atoms with Gasteiger partial charge in [0.1, 0.15) is 0 Å². The van der Waals surface area contributed by atoms with Gasteiger partial charge in [-0.2, -0.15) is 0 Å². The van der Waals surface area contributed by atoms with Crippen LogP contribution in [-0.2, 0) is 21.4 Å². The molecule has 0 radical (unpaired) electrons. The van der Waals surface area contributed by atoms with E-state index in [1.54, 1.807) is 16.2 Å². The Morgan fingerprint density at radius 1 is 1.06 bits per heavy atom. The van der Waals surface area contributed by atoms with Gasteiger partial charge in [0.05, 0.1) is 12.6 Å². The highest BCUT2D eigenvalue weighted by atomic mass is 32.1. The topological polar surface area (TPSA) is 40.6 Å². The molecular weight excluding hydrogens is 428 g/mol. The number of carbonyl (C=O) groups excluding carboxylic acids is 2. The lowest BCUT2D eigenvalue weighted by Gasteiger charge is -2.38. The van der Waals surface area contributed by atoms with Gasteiger partial charge in [-0.3, -0.25) is 9.59 Å². The third kappa shape index (κ3) is 5.87. The molecule has 4 nitrogen and oxygen atoms in total. The van der Waals surface area contributed by atoms with E-state index < -0.39 is 5.41 Å². The van der Waals surface area contributed by atoms with Crippen LogP contribution in [0.2, 0.25) is 0 Å². The number of unbranched alkanes of at least 4 members (excludes halogenated alkanes) is 1. The molecule has 33 heavy (non-hydrogen) atoms. The molecule has 0 saturated carbocycles. The second-order valence-electron chi connectivity index (χ2n) is 11.2. The Bertz CT molecular complexity index is 963. The van der Waals surface area contributed by atoms with Crippen LogP contribution in [0.4, 0.5) is 0 Å². The Kier molecular flexibility index (Phi) is 7.73. The van der Waals surface area contributed by atoms with Gasteiger partial charge in [0, 0.05) is 23.4 Å². The Balaban J connectivity index is 1.91. The molecule has 2 aromatic rings. The summed E-state index contributed by atoms with van der Waals surface area (Å²) >= 11 is 1.78. The average molecular weight is 469 g/mol. The fourth-order valence-electron chi connectivity index (χ4n) is 4.44. The Labute approximate surface area is 204 Å². The molecule has 0 N–H and O–H groups in total. The van der Waals surface area contributed by atoms with E-state index in [0.717, 1.165) is 24.8 Å². The number of nitrogens with zero attached hydrogens (tertiary/aromatic N) is 2. The zero-order valence-corrected chi connectivity index (χ0v) is 22.2. The van der Waals surface area contributed by atoms with Gasteiger partial charge in [-0.15, -0.1) is 11.3 Å². The standard InChI is InChI=1S/C28H40N2O2S/c1-8-9-16-29(26(32)28(5,6)7)19-24(31)30-17-14-23-22(15-18-33-23)25(30)20-10-12-21(13-11-20)27(2,3)4/h10-13,15,18,25H,8-9,14,16-17,19H2,1-7H3. The predicted octanol–water partition coefficient (Wildman–Crippen LogP) is 6.19. The van der Waals surface area contributed by atoms with Gasteiger partial charge in [0.25, 0.3) is 0 Å². The summed E-state index contributed by atoms with van der Waals surface area (Å²) in [6, 6.07) is 10.8. The minimum Gasteiger partial charge on any atom is -0.333 e. The third-order valence-corrected chi connectivity index (χ3v) is 7.41. The summed E-state index contributed by atoms with van der Waals surface area (Å²) in [7, 11) is 0. The molecule has 0 spiro atoms. The van der Waals surface area contributed by atoms with Crippen molar-refractivity contribution in [2.75, 3.05) is 19.6 Å². The molecule has 5 heteroatoms. The molecule has 1 aliphatic rings. The number of thiophene rings is 1. The molecular formula is C28H40N2O2S. The van der Waals surface area contributed by atoms with Gasteiger partial charge in [-0.1, -0.05) is 79.2 Å². The number of benzene rings is 1.